The van der Waals surface area contributed by atoms with Crippen LogP contribution in [-0.2, 0) is 6.42 Å². The number of nitrogens with zero attached hydrogens (tertiary/aromatic N) is 2. The lowest BCUT2D eigenvalue weighted by molar-refractivity contribution is 0.393. The van der Waals surface area contributed by atoms with Crippen LogP contribution in [0.4, 0.5) is 0 Å². The number of fused-ring (bicyclic) bond motifs is 1. The lowest BCUT2D eigenvalue weighted by atomic mass is 9.68. The van der Waals surface area contributed by atoms with E-state index in [1.165, 1.54) is 60.9 Å². The van der Waals surface area contributed by atoms with Gasteiger partial charge in [0.2, 0.25) is 0 Å². The Hall–Kier alpha value is -1.70. The first-order valence-corrected chi connectivity index (χ1v) is 9.12. The summed E-state index contributed by atoms with van der Waals surface area (Å²) in [6.07, 6.45) is 7.68. The Labute approximate surface area is 139 Å². The molecule has 0 radical (unpaired) electrons. The molecule has 0 saturated carbocycles. The van der Waals surface area contributed by atoms with E-state index in [2.05, 4.69) is 48.3 Å². The third-order valence-corrected chi connectivity index (χ3v) is 5.94. The van der Waals surface area contributed by atoms with Gasteiger partial charge in [0.15, 0.2) is 0 Å². The Morgan fingerprint density at radius 1 is 1.04 bits per heavy atom. The SMILES string of the molecule is Cc1ccc(CCC2C3=C(CCCC3)C3=C(N=NC3)[C@@H]2C)cc1. The Balaban J connectivity index is 1.58. The molecule has 3 aliphatic rings. The van der Waals surface area contributed by atoms with Crippen LogP contribution in [0.3, 0.4) is 0 Å². The first kappa shape index (κ1) is 14.9. The van der Waals surface area contributed by atoms with Crippen molar-refractivity contribution < 1.29 is 0 Å². The molecule has 0 aromatic heterocycles. The first-order chi connectivity index (χ1) is 11.2. The lowest BCUT2D eigenvalue weighted by Gasteiger charge is -2.36. The number of hydrogen-bond acceptors (Lipinski definition) is 2. The zero-order valence-corrected chi connectivity index (χ0v) is 14.3. The molecule has 1 aromatic rings. The molecular formula is C21H26N2. The minimum absolute atomic E-state index is 0.540. The quantitative estimate of drug-likeness (QED) is 0.676. The Morgan fingerprint density at radius 2 is 1.83 bits per heavy atom. The van der Waals surface area contributed by atoms with Crippen LogP contribution >= 0.6 is 0 Å². The Bertz CT molecular complexity index is 691. The number of hydrogen-bond donors (Lipinski definition) is 0. The van der Waals surface area contributed by atoms with Crippen LogP contribution in [0.15, 0.2) is 56.9 Å². The molecule has 0 bridgehead atoms. The second kappa shape index (κ2) is 6.07. The number of rotatable bonds is 3. The van der Waals surface area contributed by atoms with E-state index in [1.807, 2.05) is 0 Å². The molecule has 0 saturated heterocycles. The topological polar surface area (TPSA) is 24.7 Å². The van der Waals surface area contributed by atoms with Gasteiger partial charge in [-0.05, 0) is 62.5 Å². The molecule has 4 rings (SSSR count). The van der Waals surface area contributed by atoms with Gasteiger partial charge in [-0.25, -0.2) is 0 Å². The zero-order chi connectivity index (χ0) is 15.8. The van der Waals surface area contributed by atoms with Crippen LogP contribution in [0.5, 0.6) is 0 Å². The highest BCUT2D eigenvalue weighted by Gasteiger charge is 2.36. The molecule has 0 fully saturated rings. The van der Waals surface area contributed by atoms with Crippen LogP contribution < -0.4 is 0 Å². The molecule has 2 aliphatic carbocycles. The molecule has 2 nitrogen and oxygen atoms in total. The molecule has 1 unspecified atom stereocenters. The molecule has 1 aromatic carbocycles. The third kappa shape index (κ3) is 2.69. The van der Waals surface area contributed by atoms with Crippen molar-refractivity contribution in [1.82, 2.24) is 0 Å². The van der Waals surface area contributed by atoms with Gasteiger partial charge >= 0.3 is 0 Å². The van der Waals surface area contributed by atoms with E-state index in [4.69, 9.17) is 0 Å². The van der Waals surface area contributed by atoms with Gasteiger partial charge in [0.05, 0.1) is 12.2 Å². The summed E-state index contributed by atoms with van der Waals surface area (Å²) in [5.74, 6) is 1.21. The van der Waals surface area contributed by atoms with Gasteiger partial charge in [-0.1, -0.05) is 42.3 Å². The fourth-order valence-corrected chi connectivity index (χ4v) is 4.62. The predicted octanol–water partition coefficient (Wildman–Crippen LogP) is 5.78. The number of benzene rings is 1. The zero-order valence-electron chi connectivity index (χ0n) is 14.3. The minimum Gasteiger partial charge on any atom is -0.184 e. The molecule has 1 aliphatic heterocycles. The van der Waals surface area contributed by atoms with Crippen molar-refractivity contribution in [2.75, 3.05) is 6.54 Å². The molecule has 23 heavy (non-hydrogen) atoms. The fourth-order valence-electron chi connectivity index (χ4n) is 4.62. The molecular weight excluding hydrogens is 280 g/mol. The van der Waals surface area contributed by atoms with Crippen LogP contribution in [0.1, 0.15) is 50.2 Å². The maximum Gasteiger partial charge on any atom is 0.0874 e. The van der Waals surface area contributed by atoms with Crippen molar-refractivity contribution in [1.29, 1.82) is 0 Å². The molecule has 0 N–H and O–H groups in total. The summed E-state index contributed by atoms with van der Waals surface area (Å²) in [5, 5.41) is 8.87. The summed E-state index contributed by atoms with van der Waals surface area (Å²) in [6, 6.07) is 9.05. The number of aryl methyl sites for hydroxylation is 2. The molecule has 120 valence electrons. The second-order valence-corrected chi connectivity index (χ2v) is 7.39. The standard InChI is InChI=1S/C21H26N2/c1-14-7-9-16(10-8-14)11-12-17-15(2)21-20(13-22-23-21)19-6-4-3-5-18(17)19/h7-10,15,17H,3-6,11-13H2,1-2H3/t15-,17?/m1/s1. The summed E-state index contributed by atoms with van der Waals surface area (Å²) in [5.41, 5.74) is 9.00. The van der Waals surface area contributed by atoms with Gasteiger partial charge in [0.1, 0.15) is 0 Å². The van der Waals surface area contributed by atoms with E-state index >= 15 is 0 Å². The predicted molar refractivity (Wildman–Crippen MR) is 94.4 cm³/mol. The van der Waals surface area contributed by atoms with Crippen molar-refractivity contribution >= 4 is 0 Å². The van der Waals surface area contributed by atoms with Gasteiger partial charge in [-0.15, -0.1) is 0 Å². The third-order valence-electron chi connectivity index (χ3n) is 5.94. The average Bonchev–Trinajstić information content (AvgIpc) is 3.07. The van der Waals surface area contributed by atoms with Gasteiger partial charge < -0.3 is 0 Å². The van der Waals surface area contributed by atoms with Crippen molar-refractivity contribution in [3.63, 3.8) is 0 Å². The van der Waals surface area contributed by atoms with E-state index in [9.17, 15) is 0 Å². The summed E-state index contributed by atoms with van der Waals surface area (Å²) < 4.78 is 0. The maximum atomic E-state index is 4.52. The summed E-state index contributed by atoms with van der Waals surface area (Å²) in [7, 11) is 0. The maximum absolute atomic E-state index is 4.52. The highest BCUT2D eigenvalue weighted by Crippen LogP contribution is 2.48. The smallest absolute Gasteiger partial charge is 0.0874 e. The molecule has 2 heteroatoms. The number of allylic oxidation sites excluding steroid dienone is 2. The minimum atomic E-state index is 0.540. The van der Waals surface area contributed by atoms with Gasteiger partial charge in [0, 0.05) is 11.5 Å². The Kier molecular flexibility index (Phi) is 3.92. The van der Waals surface area contributed by atoms with E-state index in [1.54, 1.807) is 11.1 Å². The highest BCUT2D eigenvalue weighted by atomic mass is 15.1. The summed E-state index contributed by atoms with van der Waals surface area (Å²) >= 11 is 0. The summed E-state index contributed by atoms with van der Waals surface area (Å²) in [4.78, 5) is 0. The van der Waals surface area contributed by atoms with Gasteiger partial charge in [-0.2, -0.15) is 10.2 Å². The van der Waals surface area contributed by atoms with Gasteiger partial charge in [-0.3, -0.25) is 0 Å². The molecule has 2 atom stereocenters. The van der Waals surface area contributed by atoms with Crippen LogP contribution in [-0.4, -0.2) is 6.54 Å². The van der Waals surface area contributed by atoms with Crippen molar-refractivity contribution in [2.24, 2.45) is 22.1 Å². The first-order valence-electron chi connectivity index (χ1n) is 9.12. The van der Waals surface area contributed by atoms with Crippen molar-refractivity contribution in [3.05, 3.63) is 57.8 Å². The van der Waals surface area contributed by atoms with E-state index < -0.39 is 0 Å². The lowest BCUT2D eigenvalue weighted by Crippen LogP contribution is -2.25. The normalized spacial score (nSPS) is 26.5. The average molecular weight is 306 g/mol. The largest absolute Gasteiger partial charge is 0.184 e. The van der Waals surface area contributed by atoms with Crippen molar-refractivity contribution in [3.8, 4) is 0 Å². The van der Waals surface area contributed by atoms with Crippen LogP contribution in [0.25, 0.3) is 0 Å². The van der Waals surface area contributed by atoms with Crippen molar-refractivity contribution in [2.45, 2.75) is 52.4 Å². The van der Waals surface area contributed by atoms with E-state index in [-0.39, 0.29) is 0 Å². The summed E-state index contributed by atoms with van der Waals surface area (Å²) in [6.45, 7) is 5.37. The monoisotopic (exact) mass is 306 g/mol. The second-order valence-electron chi connectivity index (χ2n) is 7.39. The van der Waals surface area contributed by atoms with E-state index in [0.29, 0.717) is 11.8 Å². The van der Waals surface area contributed by atoms with Gasteiger partial charge in [0.25, 0.3) is 0 Å². The van der Waals surface area contributed by atoms with E-state index in [0.717, 1.165) is 6.54 Å². The molecule has 0 spiro atoms. The number of azo groups is 1. The van der Waals surface area contributed by atoms with Crippen LogP contribution in [0.2, 0.25) is 0 Å². The molecule has 1 heterocycles. The highest BCUT2D eigenvalue weighted by molar-refractivity contribution is 5.48. The fraction of sp³-hybridized carbons (Fsp3) is 0.524. The van der Waals surface area contributed by atoms with Crippen LogP contribution in [0, 0.1) is 18.8 Å². The Morgan fingerprint density at radius 3 is 2.65 bits per heavy atom. The molecule has 0 amide bonds.